The van der Waals surface area contributed by atoms with Crippen molar-refractivity contribution in [2.24, 2.45) is 5.92 Å². The standard InChI is InChI=1S/C19H25N3O2/c1-19(2,3)24-18(23)22-9-7-14(13-22)11-21-17-5-4-16-12-20-8-6-15(16)10-17/h4-6,8,10,12,14,21H,7,9,11,13H2,1-3H3. The maximum atomic E-state index is 12.1. The first-order valence-electron chi connectivity index (χ1n) is 8.46. The predicted molar refractivity (Wildman–Crippen MR) is 96.1 cm³/mol. The molecule has 1 aromatic heterocycles. The van der Waals surface area contributed by atoms with E-state index in [2.05, 4.69) is 28.5 Å². The number of fused-ring (bicyclic) bond motifs is 1. The number of hydrogen-bond acceptors (Lipinski definition) is 4. The summed E-state index contributed by atoms with van der Waals surface area (Å²) in [5, 5.41) is 5.80. The van der Waals surface area contributed by atoms with Crippen LogP contribution in [-0.2, 0) is 4.74 Å². The van der Waals surface area contributed by atoms with Crippen molar-refractivity contribution in [3.63, 3.8) is 0 Å². The Labute approximate surface area is 143 Å². The number of carbonyl (C=O) groups is 1. The second kappa shape index (κ2) is 6.67. The van der Waals surface area contributed by atoms with Crippen LogP contribution in [0.1, 0.15) is 27.2 Å². The molecule has 1 atom stereocenters. The Hall–Kier alpha value is -2.30. The molecule has 0 radical (unpaired) electrons. The minimum absolute atomic E-state index is 0.205. The molecule has 128 valence electrons. The first kappa shape index (κ1) is 16.6. The van der Waals surface area contributed by atoms with Crippen LogP contribution in [0.2, 0.25) is 0 Å². The van der Waals surface area contributed by atoms with E-state index in [-0.39, 0.29) is 6.09 Å². The van der Waals surface area contributed by atoms with Gasteiger partial charge in [-0.15, -0.1) is 0 Å². The van der Waals surface area contributed by atoms with Crippen molar-refractivity contribution >= 4 is 22.6 Å². The number of aromatic nitrogens is 1. The molecule has 2 aromatic rings. The minimum atomic E-state index is -0.437. The third kappa shape index (κ3) is 4.16. The Bertz CT molecular complexity index is 724. The van der Waals surface area contributed by atoms with E-state index in [9.17, 15) is 4.79 Å². The van der Waals surface area contributed by atoms with E-state index < -0.39 is 5.60 Å². The van der Waals surface area contributed by atoms with Crippen LogP contribution in [-0.4, -0.2) is 41.2 Å². The van der Waals surface area contributed by atoms with E-state index in [4.69, 9.17) is 4.74 Å². The Morgan fingerprint density at radius 1 is 1.33 bits per heavy atom. The number of pyridine rings is 1. The van der Waals surface area contributed by atoms with E-state index >= 15 is 0 Å². The van der Waals surface area contributed by atoms with Gasteiger partial charge in [-0.3, -0.25) is 4.98 Å². The summed E-state index contributed by atoms with van der Waals surface area (Å²) >= 11 is 0. The van der Waals surface area contributed by atoms with Gasteiger partial charge in [0.05, 0.1) is 0 Å². The normalized spacial score (nSPS) is 18.0. The van der Waals surface area contributed by atoms with Crippen molar-refractivity contribution in [3.8, 4) is 0 Å². The number of rotatable bonds is 3. The van der Waals surface area contributed by atoms with Crippen LogP contribution in [0.15, 0.2) is 36.7 Å². The predicted octanol–water partition coefficient (Wildman–Crippen LogP) is 3.90. The summed E-state index contributed by atoms with van der Waals surface area (Å²) in [6.07, 6.45) is 4.48. The quantitative estimate of drug-likeness (QED) is 0.929. The van der Waals surface area contributed by atoms with Crippen LogP contribution >= 0.6 is 0 Å². The number of benzene rings is 1. The molecule has 0 bridgehead atoms. The molecule has 1 unspecified atom stereocenters. The molecule has 5 heteroatoms. The minimum Gasteiger partial charge on any atom is -0.444 e. The molecular formula is C19H25N3O2. The number of anilines is 1. The van der Waals surface area contributed by atoms with Gasteiger partial charge in [-0.05, 0) is 56.7 Å². The molecule has 0 aliphatic carbocycles. The summed E-state index contributed by atoms with van der Waals surface area (Å²) in [5.74, 6) is 0.450. The van der Waals surface area contributed by atoms with Gasteiger partial charge in [0.2, 0.25) is 0 Å². The molecule has 5 nitrogen and oxygen atoms in total. The molecule has 1 aliphatic rings. The number of carbonyl (C=O) groups excluding carboxylic acids is 1. The van der Waals surface area contributed by atoms with Crippen molar-refractivity contribution in [2.45, 2.75) is 32.8 Å². The van der Waals surface area contributed by atoms with Crippen LogP contribution in [0.5, 0.6) is 0 Å². The van der Waals surface area contributed by atoms with Crippen molar-refractivity contribution in [2.75, 3.05) is 25.0 Å². The summed E-state index contributed by atoms with van der Waals surface area (Å²) in [4.78, 5) is 18.0. The number of hydrogen-bond donors (Lipinski definition) is 1. The molecule has 1 amide bonds. The van der Waals surface area contributed by atoms with Gasteiger partial charge in [0.15, 0.2) is 0 Å². The van der Waals surface area contributed by atoms with E-state index in [0.717, 1.165) is 37.1 Å². The topological polar surface area (TPSA) is 54.5 Å². The average Bonchev–Trinajstić information content (AvgIpc) is 3.00. The van der Waals surface area contributed by atoms with E-state index in [1.54, 1.807) is 0 Å². The molecule has 0 saturated carbocycles. The summed E-state index contributed by atoms with van der Waals surface area (Å²) < 4.78 is 5.44. The number of nitrogens with zero attached hydrogens (tertiary/aromatic N) is 2. The first-order chi connectivity index (χ1) is 11.4. The highest BCUT2D eigenvalue weighted by Crippen LogP contribution is 2.22. The summed E-state index contributed by atoms with van der Waals surface area (Å²) in [5.41, 5.74) is 0.664. The van der Waals surface area contributed by atoms with Gasteiger partial charge >= 0.3 is 6.09 Å². The fourth-order valence-electron chi connectivity index (χ4n) is 2.95. The summed E-state index contributed by atoms with van der Waals surface area (Å²) in [7, 11) is 0. The Morgan fingerprint density at radius 2 is 2.17 bits per heavy atom. The third-order valence-electron chi connectivity index (χ3n) is 4.17. The van der Waals surface area contributed by atoms with Crippen LogP contribution in [0, 0.1) is 5.92 Å². The SMILES string of the molecule is CC(C)(C)OC(=O)N1CCC(CNc2ccc3cnccc3c2)C1. The molecule has 0 spiro atoms. The van der Waals surface area contributed by atoms with Gasteiger partial charge in [-0.2, -0.15) is 0 Å². The van der Waals surface area contributed by atoms with Crippen LogP contribution in [0.4, 0.5) is 10.5 Å². The van der Waals surface area contributed by atoms with Crippen LogP contribution in [0.3, 0.4) is 0 Å². The fraction of sp³-hybridized carbons (Fsp3) is 0.474. The lowest BCUT2D eigenvalue weighted by atomic mass is 10.1. The monoisotopic (exact) mass is 327 g/mol. The summed E-state index contributed by atoms with van der Waals surface area (Å²) in [6, 6.07) is 8.30. The Balaban J connectivity index is 1.53. The molecule has 1 aromatic carbocycles. The number of amides is 1. The van der Waals surface area contributed by atoms with E-state index in [1.807, 2.05) is 44.1 Å². The molecule has 24 heavy (non-hydrogen) atoms. The zero-order chi connectivity index (χ0) is 17.2. The van der Waals surface area contributed by atoms with Crippen LogP contribution in [0.25, 0.3) is 10.8 Å². The smallest absolute Gasteiger partial charge is 0.410 e. The molecular weight excluding hydrogens is 302 g/mol. The van der Waals surface area contributed by atoms with Crippen molar-refractivity contribution in [3.05, 3.63) is 36.7 Å². The fourth-order valence-corrected chi connectivity index (χ4v) is 2.95. The zero-order valence-corrected chi connectivity index (χ0v) is 14.6. The Kier molecular flexibility index (Phi) is 4.60. The third-order valence-corrected chi connectivity index (χ3v) is 4.17. The average molecular weight is 327 g/mol. The highest BCUT2D eigenvalue weighted by atomic mass is 16.6. The van der Waals surface area contributed by atoms with Gasteiger partial charge in [0.25, 0.3) is 0 Å². The molecule has 1 N–H and O–H groups in total. The van der Waals surface area contributed by atoms with Crippen molar-refractivity contribution < 1.29 is 9.53 Å². The van der Waals surface area contributed by atoms with Gasteiger partial charge in [0, 0.05) is 43.1 Å². The molecule has 1 saturated heterocycles. The van der Waals surface area contributed by atoms with Gasteiger partial charge in [-0.25, -0.2) is 4.79 Å². The largest absolute Gasteiger partial charge is 0.444 e. The van der Waals surface area contributed by atoms with Crippen LogP contribution < -0.4 is 5.32 Å². The van der Waals surface area contributed by atoms with E-state index in [1.165, 1.54) is 5.39 Å². The number of likely N-dealkylation sites (tertiary alicyclic amines) is 1. The number of nitrogens with one attached hydrogen (secondary N) is 1. The zero-order valence-electron chi connectivity index (χ0n) is 14.6. The highest BCUT2D eigenvalue weighted by Gasteiger charge is 2.29. The highest BCUT2D eigenvalue weighted by molar-refractivity contribution is 5.84. The van der Waals surface area contributed by atoms with Gasteiger partial charge in [0.1, 0.15) is 5.60 Å². The summed E-state index contributed by atoms with van der Waals surface area (Å²) in [6.45, 7) is 8.07. The second-order valence-corrected chi connectivity index (χ2v) is 7.40. The lowest BCUT2D eigenvalue weighted by Gasteiger charge is -2.24. The van der Waals surface area contributed by atoms with E-state index in [0.29, 0.717) is 5.92 Å². The first-order valence-corrected chi connectivity index (χ1v) is 8.46. The number of ether oxygens (including phenoxy) is 1. The maximum Gasteiger partial charge on any atom is 0.410 e. The molecule has 2 heterocycles. The maximum absolute atomic E-state index is 12.1. The molecule has 1 fully saturated rings. The van der Waals surface area contributed by atoms with Gasteiger partial charge in [-0.1, -0.05) is 6.07 Å². The second-order valence-electron chi connectivity index (χ2n) is 7.40. The molecule has 3 rings (SSSR count). The van der Waals surface area contributed by atoms with Crippen molar-refractivity contribution in [1.29, 1.82) is 0 Å². The molecule has 1 aliphatic heterocycles. The van der Waals surface area contributed by atoms with Crippen molar-refractivity contribution in [1.82, 2.24) is 9.88 Å². The lowest BCUT2D eigenvalue weighted by molar-refractivity contribution is 0.0289. The van der Waals surface area contributed by atoms with Gasteiger partial charge < -0.3 is 15.0 Å². The Morgan fingerprint density at radius 3 is 2.96 bits per heavy atom. The lowest BCUT2D eigenvalue weighted by Crippen LogP contribution is -2.35.